The van der Waals surface area contributed by atoms with Crippen molar-refractivity contribution in [1.82, 2.24) is 30.0 Å². The largest absolute Gasteiger partial charge is 0.240 e. The van der Waals surface area contributed by atoms with Gasteiger partial charge in [0.15, 0.2) is 0 Å². The molecule has 0 unspecified atom stereocenters. The zero-order valence-electron chi connectivity index (χ0n) is 10.2. The van der Waals surface area contributed by atoms with E-state index < -0.39 is 0 Å². The summed E-state index contributed by atoms with van der Waals surface area (Å²) in [5, 5.41) is 16.5. The maximum atomic E-state index is 4.31. The van der Waals surface area contributed by atoms with Crippen LogP contribution in [0.3, 0.4) is 0 Å². The first-order valence-electron chi connectivity index (χ1n) is 5.85. The lowest BCUT2D eigenvalue weighted by Crippen LogP contribution is -1.98. The Labute approximate surface area is 118 Å². The maximum Gasteiger partial charge on any atom is 0.208 e. The Morgan fingerprint density at radius 1 is 1.21 bits per heavy atom. The van der Waals surface area contributed by atoms with Crippen LogP contribution < -0.4 is 0 Å². The first kappa shape index (κ1) is 12.0. The van der Waals surface area contributed by atoms with Crippen LogP contribution in [0.2, 0.25) is 0 Å². The van der Waals surface area contributed by atoms with E-state index in [0.29, 0.717) is 12.4 Å². The van der Waals surface area contributed by atoms with Gasteiger partial charge in [0.1, 0.15) is 0 Å². The molecule has 0 saturated carbocycles. The number of aromatic nitrogens is 6. The van der Waals surface area contributed by atoms with E-state index in [0.717, 1.165) is 15.7 Å². The van der Waals surface area contributed by atoms with Gasteiger partial charge in [0.2, 0.25) is 5.82 Å². The minimum Gasteiger partial charge on any atom is -0.240 e. The molecule has 0 spiro atoms. The Morgan fingerprint density at radius 3 is 2.68 bits per heavy atom. The number of benzene rings is 1. The van der Waals surface area contributed by atoms with Gasteiger partial charge >= 0.3 is 0 Å². The van der Waals surface area contributed by atoms with E-state index in [-0.39, 0.29) is 0 Å². The lowest BCUT2D eigenvalue weighted by Gasteiger charge is -1.99. The molecule has 0 atom stereocenters. The predicted molar refractivity (Wildman–Crippen MR) is 73.7 cm³/mol. The van der Waals surface area contributed by atoms with Gasteiger partial charge in [0.05, 0.1) is 24.0 Å². The SMILES string of the molecule is CCn1nnc(-c2cnn(-c3ccc(Br)cc3)c2)n1. The Balaban J connectivity index is 1.92. The fourth-order valence-electron chi connectivity index (χ4n) is 1.67. The lowest BCUT2D eigenvalue weighted by molar-refractivity contribution is 0.553. The second-order valence-corrected chi connectivity index (χ2v) is 4.87. The molecular formula is C12H11BrN6. The summed E-state index contributed by atoms with van der Waals surface area (Å²) in [7, 11) is 0. The summed E-state index contributed by atoms with van der Waals surface area (Å²) in [5.41, 5.74) is 1.83. The third-order valence-electron chi connectivity index (χ3n) is 2.67. The molecule has 0 radical (unpaired) electrons. The smallest absolute Gasteiger partial charge is 0.208 e. The van der Waals surface area contributed by atoms with E-state index in [1.165, 1.54) is 0 Å². The van der Waals surface area contributed by atoms with Gasteiger partial charge in [-0.2, -0.15) is 9.90 Å². The van der Waals surface area contributed by atoms with Crippen molar-refractivity contribution in [3.8, 4) is 17.1 Å². The van der Waals surface area contributed by atoms with Crippen LogP contribution >= 0.6 is 15.9 Å². The molecule has 19 heavy (non-hydrogen) atoms. The van der Waals surface area contributed by atoms with E-state index in [1.807, 2.05) is 37.4 Å². The lowest BCUT2D eigenvalue weighted by atomic mass is 10.3. The molecule has 0 N–H and O–H groups in total. The van der Waals surface area contributed by atoms with E-state index in [1.54, 1.807) is 15.7 Å². The zero-order chi connectivity index (χ0) is 13.2. The Kier molecular flexibility index (Phi) is 3.12. The molecule has 1 aromatic carbocycles. The number of rotatable bonds is 3. The van der Waals surface area contributed by atoms with Crippen molar-refractivity contribution in [3.63, 3.8) is 0 Å². The minimum atomic E-state index is 0.588. The van der Waals surface area contributed by atoms with Crippen molar-refractivity contribution >= 4 is 15.9 Å². The molecule has 7 heteroatoms. The average Bonchev–Trinajstić information content (AvgIpc) is 3.08. The third-order valence-corrected chi connectivity index (χ3v) is 3.20. The number of nitrogens with zero attached hydrogens (tertiary/aromatic N) is 6. The number of tetrazole rings is 1. The second kappa shape index (κ2) is 4.93. The zero-order valence-corrected chi connectivity index (χ0v) is 11.8. The highest BCUT2D eigenvalue weighted by Gasteiger charge is 2.08. The van der Waals surface area contributed by atoms with Gasteiger partial charge in [-0.25, -0.2) is 4.68 Å². The third kappa shape index (κ3) is 2.41. The van der Waals surface area contributed by atoms with Crippen LogP contribution in [0.4, 0.5) is 0 Å². The normalized spacial score (nSPS) is 10.8. The van der Waals surface area contributed by atoms with Crippen molar-refractivity contribution in [1.29, 1.82) is 0 Å². The molecule has 2 aromatic heterocycles. The molecule has 0 amide bonds. The molecule has 3 rings (SSSR count). The average molecular weight is 319 g/mol. The summed E-state index contributed by atoms with van der Waals surface area (Å²) in [6.07, 6.45) is 3.62. The molecule has 96 valence electrons. The van der Waals surface area contributed by atoms with Crippen molar-refractivity contribution in [2.24, 2.45) is 0 Å². The van der Waals surface area contributed by atoms with Gasteiger partial charge in [-0.15, -0.1) is 10.2 Å². The van der Waals surface area contributed by atoms with Crippen molar-refractivity contribution in [2.45, 2.75) is 13.5 Å². The number of hydrogen-bond donors (Lipinski definition) is 0. The number of halogens is 1. The van der Waals surface area contributed by atoms with Crippen molar-refractivity contribution in [3.05, 3.63) is 41.1 Å². The molecule has 0 saturated heterocycles. The maximum absolute atomic E-state index is 4.31. The standard InChI is InChI=1S/C12H11BrN6/c1-2-19-16-12(15-17-19)9-7-14-18(8-9)11-5-3-10(13)4-6-11/h3-8H,2H2,1H3. The first-order valence-corrected chi connectivity index (χ1v) is 6.64. The summed E-state index contributed by atoms with van der Waals surface area (Å²) in [5.74, 6) is 0.588. The van der Waals surface area contributed by atoms with Crippen LogP contribution in [0, 0.1) is 0 Å². The van der Waals surface area contributed by atoms with E-state index in [9.17, 15) is 0 Å². The predicted octanol–water partition coefficient (Wildman–Crippen LogP) is 2.31. The highest BCUT2D eigenvalue weighted by atomic mass is 79.9. The molecule has 3 aromatic rings. The molecule has 0 aliphatic heterocycles. The quantitative estimate of drug-likeness (QED) is 0.743. The summed E-state index contributed by atoms with van der Waals surface area (Å²) in [6.45, 7) is 2.67. The second-order valence-electron chi connectivity index (χ2n) is 3.95. The highest BCUT2D eigenvalue weighted by molar-refractivity contribution is 9.10. The van der Waals surface area contributed by atoms with Gasteiger partial charge in [-0.1, -0.05) is 15.9 Å². The molecule has 0 aliphatic carbocycles. The van der Waals surface area contributed by atoms with Crippen LogP contribution in [-0.4, -0.2) is 30.0 Å². The Bertz CT molecular complexity index is 684. The van der Waals surface area contributed by atoms with Crippen LogP contribution in [0.25, 0.3) is 17.1 Å². The highest BCUT2D eigenvalue weighted by Crippen LogP contribution is 2.17. The van der Waals surface area contributed by atoms with Crippen LogP contribution in [-0.2, 0) is 6.54 Å². The van der Waals surface area contributed by atoms with Gasteiger partial charge in [0, 0.05) is 10.7 Å². The van der Waals surface area contributed by atoms with Crippen LogP contribution in [0.5, 0.6) is 0 Å². The number of aryl methyl sites for hydroxylation is 1. The molecular weight excluding hydrogens is 308 g/mol. The van der Waals surface area contributed by atoms with E-state index in [2.05, 4.69) is 36.4 Å². The fourth-order valence-corrected chi connectivity index (χ4v) is 1.93. The summed E-state index contributed by atoms with van der Waals surface area (Å²) >= 11 is 3.41. The Hall–Kier alpha value is -2.02. The van der Waals surface area contributed by atoms with Crippen molar-refractivity contribution < 1.29 is 0 Å². The molecule has 6 nitrogen and oxygen atoms in total. The summed E-state index contributed by atoms with van der Waals surface area (Å²) < 4.78 is 2.82. The van der Waals surface area contributed by atoms with Gasteiger partial charge in [0.25, 0.3) is 0 Å². The molecule has 0 fully saturated rings. The first-order chi connectivity index (χ1) is 9.26. The monoisotopic (exact) mass is 318 g/mol. The molecule has 0 aliphatic rings. The van der Waals surface area contributed by atoms with E-state index >= 15 is 0 Å². The summed E-state index contributed by atoms with van der Waals surface area (Å²) in [6, 6.07) is 7.92. The van der Waals surface area contributed by atoms with Gasteiger partial charge in [-0.3, -0.25) is 0 Å². The van der Waals surface area contributed by atoms with Gasteiger partial charge in [-0.05, 0) is 36.4 Å². The minimum absolute atomic E-state index is 0.588. The van der Waals surface area contributed by atoms with Crippen LogP contribution in [0.15, 0.2) is 41.1 Å². The summed E-state index contributed by atoms with van der Waals surface area (Å²) in [4.78, 5) is 1.55. The Morgan fingerprint density at radius 2 is 2.00 bits per heavy atom. The van der Waals surface area contributed by atoms with Gasteiger partial charge < -0.3 is 0 Å². The van der Waals surface area contributed by atoms with Crippen molar-refractivity contribution in [2.75, 3.05) is 0 Å². The topological polar surface area (TPSA) is 61.4 Å². The molecule has 2 heterocycles. The molecule has 0 bridgehead atoms. The van der Waals surface area contributed by atoms with E-state index in [4.69, 9.17) is 0 Å². The van der Waals surface area contributed by atoms with Crippen LogP contribution in [0.1, 0.15) is 6.92 Å². The number of hydrogen-bond acceptors (Lipinski definition) is 4. The fraction of sp³-hybridized carbons (Fsp3) is 0.167.